The van der Waals surface area contributed by atoms with Crippen LogP contribution in [0.15, 0.2) is 54.3 Å². The Balaban J connectivity index is 1.30. The minimum absolute atomic E-state index is 0.0343. The van der Waals surface area contributed by atoms with Crippen molar-refractivity contribution in [2.24, 2.45) is 0 Å². The maximum Gasteiger partial charge on any atom is 0.328 e. The zero-order valence-corrected chi connectivity index (χ0v) is 24.2. The van der Waals surface area contributed by atoms with Crippen LogP contribution in [0.3, 0.4) is 0 Å². The Morgan fingerprint density at radius 2 is 2.02 bits per heavy atom. The van der Waals surface area contributed by atoms with Crippen LogP contribution in [0.5, 0.6) is 5.75 Å². The van der Waals surface area contributed by atoms with Crippen molar-refractivity contribution in [1.82, 2.24) is 19.1 Å². The highest BCUT2D eigenvalue weighted by Crippen LogP contribution is 2.42. The minimum Gasteiger partial charge on any atom is -0.490 e. The number of fused-ring (bicyclic) bond motifs is 1. The van der Waals surface area contributed by atoms with E-state index in [0.717, 1.165) is 15.6 Å². The number of hydrogen-bond acceptors (Lipinski definition) is 9. The van der Waals surface area contributed by atoms with Crippen molar-refractivity contribution in [3.8, 4) is 5.75 Å². The van der Waals surface area contributed by atoms with E-state index in [1.54, 1.807) is 34.7 Å². The number of ether oxygens (including phenoxy) is 2. The molecule has 0 aliphatic carbocycles. The molecule has 11 nitrogen and oxygen atoms in total. The van der Waals surface area contributed by atoms with E-state index in [9.17, 15) is 22.0 Å². The number of amides is 1. The molecule has 0 spiro atoms. The van der Waals surface area contributed by atoms with Crippen LogP contribution < -0.4 is 18.7 Å². The number of alkyl halides is 1. The predicted octanol–water partition coefficient (Wildman–Crippen LogP) is 3.89. The van der Waals surface area contributed by atoms with Crippen LogP contribution in [0, 0.1) is 5.82 Å². The summed E-state index contributed by atoms with van der Waals surface area (Å²) in [5.74, 6) is -0.869. The number of nitrogens with one attached hydrogen (secondary N) is 1. The first-order valence-corrected chi connectivity index (χ1v) is 15.6. The Bertz CT molecular complexity index is 1690. The minimum atomic E-state index is -4.25. The first kappa shape index (κ1) is 28.3. The Morgan fingerprint density at radius 3 is 2.79 bits per heavy atom. The first-order valence-electron chi connectivity index (χ1n) is 13.3. The van der Waals surface area contributed by atoms with E-state index < -0.39 is 34.1 Å². The summed E-state index contributed by atoms with van der Waals surface area (Å²) in [7, 11) is -2.97. The standard InChI is InChI=1S/C27H28F2N6O5S2/c1-33(27-30-8-11-41-27)42(37,38)32-26(36)23-14-31-25-5-3-19(16-35(23)25)34-15-18(29)13-22(34)21-12-17(28)2-4-24(21)40-20-6-9-39-10-7-20/h2-5,8,11-12,14,16,18,20,22H,6-7,9-10,13,15H2,1H3,(H,32,36)/t18-,22+/m0/s1. The van der Waals surface area contributed by atoms with Crippen LogP contribution in [-0.2, 0) is 14.9 Å². The number of benzene rings is 1. The number of nitrogens with zero attached hydrogens (tertiary/aromatic N) is 5. The van der Waals surface area contributed by atoms with Gasteiger partial charge in [0.1, 0.15) is 35.2 Å². The molecule has 222 valence electrons. The molecule has 1 amide bonds. The van der Waals surface area contributed by atoms with Gasteiger partial charge in [0.05, 0.1) is 31.1 Å². The highest BCUT2D eigenvalue weighted by atomic mass is 32.2. The van der Waals surface area contributed by atoms with Gasteiger partial charge in [0.15, 0.2) is 5.13 Å². The molecule has 1 N–H and O–H groups in total. The molecule has 0 bridgehead atoms. The van der Waals surface area contributed by atoms with Crippen molar-refractivity contribution >= 4 is 43.9 Å². The summed E-state index contributed by atoms with van der Waals surface area (Å²) in [6.07, 6.45) is 4.55. The largest absolute Gasteiger partial charge is 0.490 e. The maximum atomic E-state index is 15.0. The smallest absolute Gasteiger partial charge is 0.328 e. The fourth-order valence-corrected chi connectivity index (χ4v) is 6.91. The molecule has 2 atom stereocenters. The molecule has 0 saturated carbocycles. The molecule has 0 radical (unpaired) electrons. The van der Waals surface area contributed by atoms with E-state index in [2.05, 4.69) is 9.97 Å². The number of carbonyl (C=O) groups excluding carboxylic acids is 1. The quantitative estimate of drug-likeness (QED) is 0.316. The number of imidazole rings is 1. The average molecular weight is 619 g/mol. The second-order valence-corrected chi connectivity index (χ2v) is 12.7. The van der Waals surface area contributed by atoms with Crippen molar-refractivity contribution in [2.75, 3.05) is 36.0 Å². The molecule has 1 aromatic carbocycles. The van der Waals surface area contributed by atoms with Gasteiger partial charge in [0.25, 0.3) is 5.91 Å². The lowest BCUT2D eigenvalue weighted by molar-refractivity contribution is 0.0250. The number of pyridine rings is 1. The Kier molecular flexibility index (Phi) is 7.72. The van der Waals surface area contributed by atoms with Gasteiger partial charge in [-0.1, -0.05) is 0 Å². The van der Waals surface area contributed by atoms with E-state index >= 15 is 0 Å². The molecule has 2 aliphatic rings. The normalized spacial score (nSPS) is 19.7. The fraction of sp³-hybridized carbons (Fsp3) is 0.370. The molecular formula is C27H28F2N6O5S2. The SMILES string of the molecule is CN(c1nccs1)S(=O)(=O)NC(=O)c1cnc2ccc(N3C[C@@H](F)C[C@@H]3c3cc(F)ccc3OC3CCOCC3)cn12. The van der Waals surface area contributed by atoms with Gasteiger partial charge >= 0.3 is 10.2 Å². The number of thiazole rings is 1. The van der Waals surface area contributed by atoms with Gasteiger partial charge in [0, 0.05) is 56.2 Å². The van der Waals surface area contributed by atoms with Gasteiger partial charge in [0.2, 0.25) is 0 Å². The van der Waals surface area contributed by atoms with Gasteiger partial charge in [-0.3, -0.25) is 9.20 Å². The molecule has 0 unspecified atom stereocenters. The van der Waals surface area contributed by atoms with Crippen molar-refractivity contribution in [1.29, 1.82) is 0 Å². The predicted molar refractivity (Wildman–Crippen MR) is 153 cm³/mol. The molecule has 6 rings (SSSR count). The number of rotatable bonds is 8. The monoisotopic (exact) mass is 618 g/mol. The second kappa shape index (κ2) is 11.5. The van der Waals surface area contributed by atoms with Crippen LogP contribution in [0.1, 0.15) is 41.4 Å². The number of aromatic nitrogens is 3. The lowest BCUT2D eigenvalue weighted by Gasteiger charge is -2.30. The molecule has 4 aromatic rings. The fourth-order valence-electron chi connectivity index (χ4n) is 5.24. The van der Waals surface area contributed by atoms with Crippen molar-refractivity contribution in [3.63, 3.8) is 0 Å². The van der Waals surface area contributed by atoms with Gasteiger partial charge in [-0.15, -0.1) is 11.3 Å². The Labute approximate surface area is 244 Å². The van der Waals surface area contributed by atoms with E-state index in [-0.39, 0.29) is 29.9 Å². The maximum absolute atomic E-state index is 15.0. The third-order valence-corrected chi connectivity index (χ3v) is 9.67. The molecular weight excluding hydrogens is 590 g/mol. The van der Waals surface area contributed by atoms with Crippen LogP contribution in [-0.4, -0.2) is 67.8 Å². The van der Waals surface area contributed by atoms with Crippen molar-refractivity contribution < 1.29 is 31.5 Å². The summed E-state index contributed by atoms with van der Waals surface area (Å²) in [5, 5.41) is 1.81. The van der Waals surface area contributed by atoms with E-state index in [1.165, 1.54) is 36.0 Å². The molecule has 2 fully saturated rings. The van der Waals surface area contributed by atoms with Crippen LogP contribution in [0.25, 0.3) is 5.65 Å². The number of anilines is 2. The highest BCUT2D eigenvalue weighted by Gasteiger charge is 2.36. The van der Waals surface area contributed by atoms with E-state index in [0.29, 0.717) is 48.7 Å². The van der Waals surface area contributed by atoms with Gasteiger partial charge in [-0.2, -0.15) is 8.42 Å². The topological polar surface area (TPSA) is 118 Å². The molecule has 5 heterocycles. The van der Waals surface area contributed by atoms with Crippen LogP contribution >= 0.6 is 11.3 Å². The van der Waals surface area contributed by atoms with Gasteiger partial charge in [-0.25, -0.2) is 27.8 Å². The molecule has 3 aromatic heterocycles. The molecule has 42 heavy (non-hydrogen) atoms. The van der Waals surface area contributed by atoms with Gasteiger partial charge in [-0.05, 0) is 30.3 Å². The number of hydrogen-bond donors (Lipinski definition) is 1. The highest BCUT2D eigenvalue weighted by molar-refractivity contribution is 7.91. The number of halogens is 2. The van der Waals surface area contributed by atoms with Crippen LogP contribution in [0.4, 0.5) is 19.6 Å². The summed E-state index contributed by atoms with van der Waals surface area (Å²) in [6.45, 7) is 1.19. The lowest BCUT2D eigenvalue weighted by atomic mass is 10.0. The van der Waals surface area contributed by atoms with Gasteiger partial charge < -0.3 is 14.4 Å². The summed E-state index contributed by atoms with van der Waals surface area (Å²) >= 11 is 1.10. The molecule has 15 heteroatoms. The van der Waals surface area contributed by atoms with Crippen LogP contribution in [0.2, 0.25) is 0 Å². The zero-order valence-electron chi connectivity index (χ0n) is 22.5. The third kappa shape index (κ3) is 5.63. The third-order valence-electron chi connectivity index (χ3n) is 7.37. The summed E-state index contributed by atoms with van der Waals surface area (Å²) in [5.41, 5.74) is 1.42. The summed E-state index contributed by atoms with van der Waals surface area (Å²) < 4.78 is 71.1. The number of carbonyl (C=O) groups is 1. The zero-order chi connectivity index (χ0) is 29.4. The second-order valence-electron chi connectivity index (χ2n) is 10.1. The Hall–Kier alpha value is -3.82. The first-order chi connectivity index (χ1) is 20.2. The average Bonchev–Trinajstić information content (AvgIpc) is 3.73. The summed E-state index contributed by atoms with van der Waals surface area (Å²) in [4.78, 5) is 23.1. The van der Waals surface area contributed by atoms with E-state index in [1.807, 2.05) is 4.72 Å². The summed E-state index contributed by atoms with van der Waals surface area (Å²) in [6, 6.07) is 7.12. The lowest BCUT2D eigenvalue weighted by Crippen LogP contribution is -2.42. The van der Waals surface area contributed by atoms with Crippen molar-refractivity contribution in [3.05, 3.63) is 71.4 Å². The molecule has 2 saturated heterocycles. The molecule has 2 aliphatic heterocycles. The Morgan fingerprint density at radius 1 is 1.21 bits per heavy atom. The van der Waals surface area contributed by atoms with Crippen molar-refractivity contribution in [2.45, 2.75) is 37.6 Å². The van der Waals surface area contributed by atoms with E-state index in [4.69, 9.17) is 9.47 Å².